The Morgan fingerprint density at radius 1 is 1.16 bits per heavy atom. The molecule has 0 aliphatic heterocycles. The number of halogens is 1. The molecule has 0 aliphatic rings. The lowest BCUT2D eigenvalue weighted by molar-refractivity contribution is 0.872. The van der Waals surface area contributed by atoms with Gasteiger partial charge in [-0.05, 0) is 40.1 Å². The molecule has 0 unspecified atom stereocenters. The molecule has 2 aromatic rings. The van der Waals surface area contributed by atoms with E-state index in [0.29, 0.717) is 11.1 Å². The molecule has 1 aromatic heterocycles. The van der Waals surface area contributed by atoms with Crippen LogP contribution in [-0.2, 0) is 6.42 Å². The average Bonchev–Trinajstić information content (AvgIpc) is 2.43. The Kier molecular flexibility index (Phi) is 5.23. The molecule has 0 aliphatic carbocycles. The van der Waals surface area contributed by atoms with Gasteiger partial charge in [0.2, 0.25) is 5.95 Å². The summed E-state index contributed by atoms with van der Waals surface area (Å²) in [6.45, 7) is 0.770. The zero-order valence-electron chi connectivity index (χ0n) is 10.1. The van der Waals surface area contributed by atoms with Crippen molar-refractivity contribution >= 4 is 39.2 Å². The third kappa shape index (κ3) is 4.92. The highest BCUT2D eigenvalue weighted by atomic mass is 79.9. The molecule has 1 heterocycles. The van der Waals surface area contributed by atoms with Crippen LogP contribution in [0.5, 0.6) is 0 Å². The first-order chi connectivity index (χ1) is 9.24. The minimum absolute atomic E-state index is 0.486. The van der Waals surface area contributed by atoms with Crippen molar-refractivity contribution in [2.75, 3.05) is 11.9 Å². The van der Waals surface area contributed by atoms with Crippen molar-refractivity contribution in [2.45, 2.75) is 6.42 Å². The number of thiocarbonyl (C=S) groups is 1. The van der Waals surface area contributed by atoms with Gasteiger partial charge in [-0.2, -0.15) is 0 Å². The molecule has 0 saturated carbocycles. The second-order valence-corrected chi connectivity index (χ2v) is 5.17. The highest BCUT2D eigenvalue weighted by Crippen LogP contribution is 2.06. The van der Waals surface area contributed by atoms with E-state index in [1.54, 1.807) is 12.4 Å². The highest BCUT2D eigenvalue weighted by molar-refractivity contribution is 9.10. The second kappa shape index (κ2) is 7.16. The fourth-order valence-electron chi connectivity index (χ4n) is 1.49. The van der Waals surface area contributed by atoms with Gasteiger partial charge in [0.15, 0.2) is 5.11 Å². The Hall–Kier alpha value is -1.53. The maximum Gasteiger partial charge on any atom is 0.228 e. The summed E-state index contributed by atoms with van der Waals surface area (Å²) in [6, 6.07) is 10.3. The quantitative estimate of drug-likeness (QED) is 0.841. The molecule has 0 atom stereocenters. The Labute approximate surface area is 125 Å². The van der Waals surface area contributed by atoms with Gasteiger partial charge in [0.1, 0.15) is 0 Å². The van der Waals surface area contributed by atoms with Crippen LogP contribution in [0.25, 0.3) is 0 Å². The van der Waals surface area contributed by atoms with Gasteiger partial charge in [0.05, 0.1) is 4.47 Å². The van der Waals surface area contributed by atoms with Crippen molar-refractivity contribution < 1.29 is 0 Å². The third-order valence-corrected chi connectivity index (χ3v) is 3.04. The first kappa shape index (κ1) is 13.9. The largest absolute Gasteiger partial charge is 0.362 e. The standard InChI is InChI=1S/C13H13BrN4S/c14-11-8-16-12(17-9-11)18-13(19)15-7-6-10-4-2-1-3-5-10/h1-5,8-9H,6-7H2,(H2,15,16,17,18,19). The van der Waals surface area contributed by atoms with E-state index >= 15 is 0 Å². The number of benzene rings is 1. The van der Waals surface area contributed by atoms with E-state index in [4.69, 9.17) is 12.2 Å². The van der Waals surface area contributed by atoms with E-state index in [0.717, 1.165) is 17.4 Å². The van der Waals surface area contributed by atoms with Gasteiger partial charge < -0.3 is 10.6 Å². The van der Waals surface area contributed by atoms with Crippen LogP contribution in [0.3, 0.4) is 0 Å². The van der Waals surface area contributed by atoms with Crippen LogP contribution in [0.15, 0.2) is 47.2 Å². The summed E-state index contributed by atoms with van der Waals surface area (Å²) < 4.78 is 0.834. The molecule has 1 aromatic carbocycles. The maximum absolute atomic E-state index is 5.17. The number of aromatic nitrogens is 2. The van der Waals surface area contributed by atoms with Crippen LogP contribution in [0.4, 0.5) is 5.95 Å². The molecule has 19 heavy (non-hydrogen) atoms. The van der Waals surface area contributed by atoms with Crippen molar-refractivity contribution in [3.05, 3.63) is 52.8 Å². The number of anilines is 1. The molecule has 0 fully saturated rings. The topological polar surface area (TPSA) is 49.8 Å². The van der Waals surface area contributed by atoms with E-state index in [1.165, 1.54) is 5.56 Å². The van der Waals surface area contributed by atoms with Crippen molar-refractivity contribution in [2.24, 2.45) is 0 Å². The number of nitrogens with zero attached hydrogens (tertiary/aromatic N) is 2. The molecule has 0 amide bonds. The number of hydrogen-bond donors (Lipinski definition) is 2. The van der Waals surface area contributed by atoms with E-state index in [-0.39, 0.29) is 0 Å². The van der Waals surface area contributed by atoms with Crippen molar-refractivity contribution in [1.82, 2.24) is 15.3 Å². The van der Waals surface area contributed by atoms with Crippen LogP contribution < -0.4 is 10.6 Å². The fraction of sp³-hybridized carbons (Fsp3) is 0.154. The van der Waals surface area contributed by atoms with Crippen molar-refractivity contribution in [3.8, 4) is 0 Å². The number of hydrogen-bond acceptors (Lipinski definition) is 3. The summed E-state index contributed by atoms with van der Waals surface area (Å²) in [5, 5.41) is 6.58. The van der Waals surface area contributed by atoms with Gasteiger partial charge in [0, 0.05) is 18.9 Å². The summed E-state index contributed by atoms with van der Waals surface area (Å²) in [7, 11) is 0. The van der Waals surface area contributed by atoms with Crippen molar-refractivity contribution in [1.29, 1.82) is 0 Å². The smallest absolute Gasteiger partial charge is 0.228 e. The number of rotatable bonds is 4. The van der Waals surface area contributed by atoms with Crippen LogP contribution in [0.2, 0.25) is 0 Å². The summed E-state index contributed by atoms with van der Waals surface area (Å²) >= 11 is 8.45. The first-order valence-electron chi connectivity index (χ1n) is 5.80. The Morgan fingerprint density at radius 3 is 2.53 bits per heavy atom. The molecule has 6 heteroatoms. The van der Waals surface area contributed by atoms with Gasteiger partial charge >= 0.3 is 0 Å². The minimum atomic E-state index is 0.486. The van der Waals surface area contributed by atoms with Crippen LogP contribution in [0.1, 0.15) is 5.56 Å². The summed E-state index contributed by atoms with van der Waals surface area (Å²) in [6.07, 6.45) is 4.26. The second-order valence-electron chi connectivity index (χ2n) is 3.84. The summed E-state index contributed by atoms with van der Waals surface area (Å²) in [5.74, 6) is 0.486. The predicted molar refractivity (Wildman–Crippen MR) is 84.1 cm³/mol. The molecule has 0 saturated heterocycles. The summed E-state index contributed by atoms with van der Waals surface area (Å²) in [4.78, 5) is 8.18. The number of nitrogens with one attached hydrogen (secondary N) is 2. The van der Waals surface area contributed by atoms with Crippen LogP contribution >= 0.6 is 28.1 Å². The van der Waals surface area contributed by atoms with Crippen LogP contribution in [-0.4, -0.2) is 21.6 Å². The van der Waals surface area contributed by atoms with Gasteiger partial charge in [0.25, 0.3) is 0 Å². The van der Waals surface area contributed by atoms with E-state index in [1.807, 2.05) is 18.2 Å². The Balaban J connectivity index is 1.74. The van der Waals surface area contributed by atoms with E-state index in [2.05, 4.69) is 48.7 Å². The van der Waals surface area contributed by atoms with E-state index < -0.39 is 0 Å². The average molecular weight is 337 g/mol. The van der Waals surface area contributed by atoms with Gasteiger partial charge in [-0.15, -0.1) is 0 Å². The molecule has 2 N–H and O–H groups in total. The molecule has 98 valence electrons. The normalized spacial score (nSPS) is 9.95. The Bertz CT molecular complexity index is 530. The molecule has 0 bridgehead atoms. The van der Waals surface area contributed by atoms with Gasteiger partial charge in [-0.25, -0.2) is 9.97 Å². The predicted octanol–water partition coefficient (Wildman–Crippen LogP) is 2.77. The third-order valence-electron chi connectivity index (χ3n) is 2.39. The first-order valence-corrected chi connectivity index (χ1v) is 7.00. The molecule has 0 radical (unpaired) electrons. The zero-order chi connectivity index (χ0) is 13.5. The van der Waals surface area contributed by atoms with Crippen molar-refractivity contribution in [3.63, 3.8) is 0 Å². The molecule has 2 rings (SSSR count). The zero-order valence-corrected chi connectivity index (χ0v) is 12.5. The van der Waals surface area contributed by atoms with Gasteiger partial charge in [-0.1, -0.05) is 30.3 Å². The lowest BCUT2D eigenvalue weighted by Gasteiger charge is -2.09. The van der Waals surface area contributed by atoms with Crippen LogP contribution in [0, 0.1) is 0 Å². The molecular formula is C13H13BrN4S. The molecular weight excluding hydrogens is 324 g/mol. The SMILES string of the molecule is S=C(NCCc1ccccc1)Nc1ncc(Br)cn1. The fourth-order valence-corrected chi connectivity index (χ4v) is 1.89. The molecule has 0 spiro atoms. The van der Waals surface area contributed by atoms with E-state index in [9.17, 15) is 0 Å². The lowest BCUT2D eigenvalue weighted by Crippen LogP contribution is -2.30. The molecule has 4 nitrogen and oxygen atoms in total. The van der Waals surface area contributed by atoms with Gasteiger partial charge in [-0.3, -0.25) is 0 Å². The lowest BCUT2D eigenvalue weighted by atomic mass is 10.1. The maximum atomic E-state index is 5.17. The summed E-state index contributed by atoms with van der Waals surface area (Å²) in [5.41, 5.74) is 1.28. The highest BCUT2D eigenvalue weighted by Gasteiger charge is 1.99. The Morgan fingerprint density at radius 2 is 1.84 bits per heavy atom. The minimum Gasteiger partial charge on any atom is -0.362 e. The monoisotopic (exact) mass is 336 g/mol.